The molecule has 0 aromatic carbocycles. The summed E-state index contributed by atoms with van der Waals surface area (Å²) in [7, 11) is 1.88. The van der Waals surface area contributed by atoms with Crippen molar-refractivity contribution in [2.75, 3.05) is 0 Å². The van der Waals surface area contributed by atoms with Crippen LogP contribution in [0.2, 0.25) is 0 Å². The Morgan fingerprint density at radius 2 is 2.33 bits per heavy atom. The van der Waals surface area contributed by atoms with Crippen LogP contribution in [0.15, 0.2) is 17.1 Å². The van der Waals surface area contributed by atoms with Crippen LogP contribution in [0.4, 0.5) is 0 Å². The minimum atomic E-state index is 0.0131. The topological polar surface area (TPSA) is 56.7 Å². The van der Waals surface area contributed by atoms with E-state index in [4.69, 9.17) is 5.73 Å². The van der Waals surface area contributed by atoms with Gasteiger partial charge in [-0.05, 0) is 28.8 Å². The van der Waals surface area contributed by atoms with E-state index in [0.717, 1.165) is 12.2 Å². The number of aromatic nitrogens is 3. The number of hydrogen-bond donors (Lipinski definition) is 1. The number of hydrogen-bond acceptors (Lipinski definition) is 4. The van der Waals surface area contributed by atoms with Crippen molar-refractivity contribution < 1.29 is 0 Å². The second-order valence-corrected chi connectivity index (χ2v) is 4.36. The fraction of sp³-hybridized carbons (Fsp3) is 0.400. The molecule has 5 heteroatoms. The third-order valence-corrected chi connectivity index (χ3v) is 3.38. The van der Waals surface area contributed by atoms with Gasteiger partial charge in [0.1, 0.15) is 12.2 Å². The molecule has 0 amide bonds. The molecular formula is C10H14N4S. The molecule has 0 saturated carbocycles. The van der Waals surface area contributed by atoms with Gasteiger partial charge in [0.15, 0.2) is 0 Å². The standard InChI is InChI=1S/C10H14N4S/c1-7-4-15-5-8(7)9(11)3-10-12-6-13-14(10)2/h4-6,9H,3,11H2,1-2H3. The molecule has 0 aliphatic rings. The predicted molar refractivity (Wildman–Crippen MR) is 60.7 cm³/mol. The third kappa shape index (κ3) is 2.08. The zero-order valence-corrected chi connectivity index (χ0v) is 9.66. The molecule has 0 radical (unpaired) electrons. The van der Waals surface area contributed by atoms with Gasteiger partial charge >= 0.3 is 0 Å². The predicted octanol–water partition coefficient (Wildman–Crippen LogP) is 1.43. The molecule has 0 fully saturated rings. The second kappa shape index (κ2) is 4.12. The number of thiophene rings is 1. The SMILES string of the molecule is Cc1cscc1C(N)Cc1ncnn1C. The molecule has 2 heterocycles. The number of nitrogens with zero attached hydrogens (tertiary/aromatic N) is 3. The maximum atomic E-state index is 6.13. The lowest BCUT2D eigenvalue weighted by molar-refractivity contribution is 0.629. The minimum Gasteiger partial charge on any atom is -0.324 e. The summed E-state index contributed by atoms with van der Waals surface area (Å²) in [5.41, 5.74) is 8.60. The molecule has 4 nitrogen and oxygen atoms in total. The average molecular weight is 222 g/mol. The summed E-state index contributed by atoms with van der Waals surface area (Å²) in [6.07, 6.45) is 2.29. The molecule has 2 aromatic heterocycles. The van der Waals surface area contributed by atoms with Crippen molar-refractivity contribution in [2.45, 2.75) is 19.4 Å². The van der Waals surface area contributed by atoms with Crippen LogP contribution in [0, 0.1) is 6.92 Å². The van der Waals surface area contributed by atoms with Gasteiger partial charge in [-0.2, -0.15) is 16.4 Å². The molecule has 2 rings (SSSR count). The molecule has 1 atom stereocenters. The van der Waals surface area contributed by atoms with E-state index in [9.17, 15) is 0 Å². The van der Waals surface area contributed by atoms with E-state index in [0.29, 0.717) is 0 Å². The molecule has 0 spiro atoms. The van der Waals surface area contributed by atoms with Crippen LogP contribution < -0.4 is 5.73 Å². The molecule has 15 heavy (non-hydrogen) atoms. The Morgan fingerprint density at radius 1 is 1.53 bits per heavy atom. The maximum absolute atomic E-state index is 6.13. The quantitative estimate of drug-likeness (QED) is 0.854. The van der Waals surface area contributed by atoms with Gasteiger partial charge in [0.25, 0.3) is 0 Å². The Hall–Kier alpha value is -1.20. The molecule has 0 bridgehead atoms. The van der Waals surface area contributed by atoms with Crippen molar-refractivity contribution in [2.24, 2.45) is 12.8 Å². The molecule has 2 aromatic rings. The largest absolute Gasteiger partial charge is 0.324 e. The highest BCUT2D eigenvalue weighted by Crippen LogP contribution is 2.22. The molecule has 2 N–H and O–H groups in total. The van der Waals surface area contributed by atoms with Gasteiger partial charge < -0.3 is 5.73 Å². The van der Waals surface area contributed by atoms with Gasteiger partial charge in [-0.1, -0.05) is 0 Å². The highest BCUT2D eigenvalue weighted by atomic mass is 32.1. The summed E-state index contributed by atoms with van der Waals surface area (Å²) < 4.78 is 1.77. The van der Waals surface area contributed by atoms with Gasteiger partial charge in [-0.3, -0.25) is 4.68 Å². The van der Waals surface area contributed by atoms with Gasteiger partial charge in [-0.15, -0.1) is 0 Å². The smallest absolute Gasteiger partial charge is 0.138 e. The van der Waals surface area contributed by atoms with E-state index in [-0.39, 0.29) is 6.04 Å². The van der Waals surface area contributed by atoms with Crippen molar-refractivity contribution >= 4 is 11.3 Å². The van der Waals surface area contributed by atoms with Gasteiger partial charge in [0.2, 0.25) is 0 Å². The summed E-state index contributed by atoms with van der Waals surface area (Å²) in [6.45, 7) is 2.09. The lowest BCUT2D eigenvalue weighted by Crippen LogP contribution is -2.16. The Labute approximate surface area is 92.8 Å². The highest BCUT2D eigenvalue weighted by molar-refractivity contribution is 7.08. The summed E-state index contributed by atoms with van der Waals surface area (Å²) in [5, 5.41) is 8.25. The Bertz CT molecular complexity index is 446. The van der Waals surface area contributed by atoms with Crippen LogP contribution in [-0.4, -0.2) is 14.8 Å². The van der Waals surface area contributed by atoms with E-state index in [2.05, 4.69) is 27.8 Å². The first-order valence-corrected chi connectivity index (χ1v) is 5.74. The van der Waals surface area contributed by atoms with E-state index in [1.54, 1.807) is 22.3 Å². The lowest BCUT2D eigenvalue weighted by Gasteiger charge is -2.10. The zero-order chi connectivity index (χ0) is 10.8. The van der Waals surface area contributed by atoms with Crippen LogP contribution in [-0.2, 0) is 13.5 Å². The van der Waals surface area contributed by atoms with Crippen molar-refractivity contribution in [3.05, 3.63) is 34.0 Å². The van der Waals surface area contributed by atoms with Crippen molar-refractivity contribution in [3.63, 3.8) is 0 Å². The Kier molecular flexibility index (Phi) is 2.83. The van der Waals surface area contributed by atoms with Crippen LogP contribution in [0.5, 0.6) is 0 Å². The fourth-order valence-electron chi connectivity index (χ4n) is 1.56. The number of rotatable bonds is 3. The average Bonchev–Trinajstić information content (AvgIpc) is 2.76. The van der Waals surface area contributed by atoms with Crippen molar-refractivity contribution in [1.82, 2.24) is 14.8 Å². The zero-order valence-electron chi connectivity index (χ0n) is 8.84. The van der Waals surface area contributed by atoms with E-state index < -0.39 is 0 Å². The summed E-state index contributed by atoms with van der Waals surface area (Å²) in [5.74, 6) is 0.924. The molecule has 0 aliphatic heterocycles. The van der Waals surface area contributed by atoms with Crippen LogP contribution in [0.25, 0.3) is 0 Å². The molecule has 80 valence electrons. The first kappa shape index (κ1) is 10.3. The van der Waals surface area contributed by atoms with E-state index >= 15 is 0 Å². The van der Waals surface area contributed by atoms with Gasteiger partial charge in [0, 0.05) is 19.5 Å². The van der Waals surface area contributed by atoms with Crippen LogP contribution >= 0.6 is 11.3 Å². The third-order valence-electron chi connectivity index (χ3n) is 2.50. The van der Waals surface area contributed by atoms with E-state index in [1.165, 1.54) is 11.1 Å². The normalized spacial score (nSPS) is 13.0. The van der Waals surface area contributed by atoms with Crippen molar-refractivity contribution in [1.29, 1.82) is 0 Å². The van der Waals surface area contributed by atoms with Crippen LogP contribution in [0.3, 0.4) is 0 Å². The first-order chi connectivity index (χ1) is 7.18. The van der Waals surface area contributed by atoms with Gasteiger partial charge in [0.05, 0.1) is 0 Å². The minimum absolute atomic E-state index is 0.0131. The Balaban J connectivity index is 2.14. The second-order valence-electron chi connectivity index (χ2n) is 3.62. The molecule has 0 aliphatic carbocycles. The van der Waals surface area contributed by atoms with Gasteiger partial charge in [-0.25, -0.2) is 4.98 Å². The number of aryl methyl sites for hydroxylation is 2. The summed E-state index contributed by atoms with van der Waals surface area (Å²) >= 11 is 1.69. The van der Waals surface area contributed by atoms with Crippen molar-refractivity contribution in [3.8, 4) is 0 Å². The first-order valence-electron chi connectivity index (χ1n) is 4.79. The number of nitrogens with two attached hydrogens (primary N) is 1. The van der Waals surface area contributed by atoms with Crippen LogP contribution in [0.1, 0.15) is 23.0 Å². The molecule has 0 saturated heterocycles. The molecular weight excluding hydrogens is 208 g/mol. The molecule has 1 unspecified atom stereocenters. The lowest BCUT2D eigenvalue weighted by atomic mass is 10.0. The monoisotopic (exact) mass is 222 g/mol. The van der Waals surface area contributed by atoms with E-state index in [1.807, 2.05) is 7.05 Å². The Morgan fingerprint density at radius 3 is 2.87 bits per heavy atom. The highest BCUT2D eigenvalue weighted by Gasteiger charge is 2.13. The fourth-order valence-corrected chi connectivity index (χ4v) is 2.48. The summed E-state index contributed by atoms with van der Waals surface area (Å²) in [6, 6.07) is 0.0131. The maximum Gasteiger partial charge on any atom is 0.138 e. The summed E-state index contributed by atoms with van der Waals surface area (Å²) in [4.78, 5) is 4.17.